The van der Waals surface area contributed by atoms with Gasteiger partial charge in [-0.15, -0.1) is 0 Å². The van der Waals surface area contributed by atoms with Gasteiger partial charge in [0.1, 0.15) is 6.54 Å². The molecular weight excluding hydrogens is 312 g/mol. The topological polar surface area (TPSA) is 53.0 Å². The number of rotatable bonds is 7. The summed E-state index contributed by atoms with van der Waals surface area (Å²) in [6.07, 6.45) is 2.57. The van der Waals surface area contributed by atoms with E-state index in [1.165, 1.54) is 0 Å². The van der Waals surface area contributed by atoms with E-state index in [0.717, 1.165) is 17.7 Å². The fourth-order valence-corrected chi connectivity index (χ4v) is 2.80. The van der Waals surface area contributed by atoms with Gasteiger partial charge < -0.3 is 14.4 Å². The van der Waals surface area contributed by atoms with Gasteiger partial charge in [-0.25, -0.2) is 0 Å². The lowest BCUT2D eigenvalue weighted by atomic mass is 9.91. The number of aromatic nitrogens is 1. The SMILES string of the molecule is C[N+](C)(CCC(c1ccc(Cl)cc1)c1ccccn1)CC(=O)[O-]. The lowest BCUT2D eigenvalue weighted by Gasteiger charge is -2.31. The molecule has 1 unspecified atom stereocenters. The van der Waals surface area contributed by atoms with Gasteiger partial charge in [-0.3, -0.25) is 4.98 Å². The van der Waals surface area contributed by atoms with Crippen LogP contribution in [0.15, 0.2) is 48.7 Å². The van der Waals surface area contributed by atoms with E-state index < -0.39 is 5.97 Å². The van der Waals surface area contributed by atoms with Crippen LogP contribution < -0.4 is 5.11 Å². The van der Waals surface area contributed by atoms with Crippen LogP contribution in [0.4, 0.5) is 0 Å². The van der Waals surface area contributed by atoms with Crippen molar-refractivity contribution in [1.82, 2.24) is 4.98 Å². The number of carbonyl (C=O) groups excluding carboxylic acids is 1. The highest BCUT2D eigenvalue weighted by atomic mass is 35.5. The van der Waals surface area contributed by atoms with Crippen LogP contribution in [-0.4, -0.2) is 42.6 Å². The summed E-state index contributed by atoms with van der Waals surface area (Å²) in [5.41, 5.74) is 2.10. The zero-order chi connectivity index (χ0) is 16.9. The number of quaternary nitrogens is 1. The quantitative estimate of drug-likeness (QED) is 0.729. The fraction of sp³-hybridized carbons (Fsp3) is 0.333. The lowest BCUT2D eigenvalue weighted by Crippen LogP contribution is -2.49. The third-order valence-corrected chi connectivity index (χ3v) is 4.15. The summed E-state index contributed by atoms with van der Waals surface area (Å²) in [4.78, 5) is 15.4. The maximum atomic E-state index is 10.9. The molecule has 0 radical (unpaired) electrons. The number of likely N-dealkylation sites (N-methyl/N-ethyl adjacent to an activating group) is 1. The Morgan fingerprint density at radius 1 is 1.22 bits per heavy atom. The number of halogens is 1. The molecular formula is C18H21ClN2O2. The van der Waals surface area contributed by atoms with Crippen molar-refractivity contribution >= 4 is 17.6 Å². The van der Waals surface area contributed by atoms with E-state index in [-0.39, 0.29) is 12.5 Å². The first-order chi connectivity index (χ1) is 10.9. The average molecular weight is 333 g/mol. The monoisotopic (exact) mass is 332 g/mol. The molecule has 2 rings (SSSR count). The molecule has 122 valence electrons. The summed E-state index contributed by atoms with van der Waals surface area (Å²) in [6.45, 7) is 0.702. The number of nitrogens with zero attached hydrogens (tertiary/aromatic N) is 2. The van der Waals surface area contributed by atoms with Crippen LogP contribution >= 0.6 is 11.6 Å². The van der Waals surface area contributed by atoms with Crippen LogP contribution in [0.2, 0.25) is 5.02 Å². The lowest BCUT2D eigenvalue weighted by molar-refractivity contribution is -0.885. The van der Waals surface area contributed by atoms with E-state index in [0.29, 0.717) is 16.1 Å². The van der Waals surface area contributed by atoms with E-state index in [9.17, 15) is 9.90 Å². The van der Waals surface area contributed by atoms with Crippen molar-refractivity contribution in [3.63, 3.8) is 0 Å². The van der Waals surface area contributed by atoms with E-state index >= 15 is 0 Å². The molecule has 1 aromatic heterocycles. The van der Waals surface area contributed by atoms with Crippen LogP contribution in [0, 0.1) is 0 Å². The molecule has 1 aromatic carbocycles. The first kappa shape index (κ1) is 17.4. The first-order valence-corrected chi connectivity index (χ1v) is 7.93. The summed E-state index contributed by atoms with van der Waals surface area (Å²) >= 11 is 5.98. The number of carbonyl (C=O) groups is 1. The summed E-state index contributed by atoms with van der Waals surface area (Å²) < 4.78 is 0.374. The number of carboxylic acids is 1. The number of aliphatic carboxylic acids is 1. The van der Waals surface area contributed by atoms with Crippen LogP contribution in [0.1, 0.15) is 23.6 Å². The second kappa shape index (κ2) is 7.57. The third kappa shape index (κ3) is 5.34. The molecule has 0 amide bonds. The van der Waals surface area contributed by atoms with E-state index in [1.54, 1.807) is 6.20 Å². The van der Waals surface area contributed by atoms with Gasteiger partial charge in [-0.1, -0.05) is 29.8 Å². The van der Waals surface area contributed by atoms with Gasteiger partial charge in [0.15, 0.2) is 0 Å². The summed E-state index contributed by atoms with van der Waals surface area (Å²) in [7, 11) is 3.79. The molecule has 1 heterocycles. The van der Waals surface area contributed by atoms with Crippen LogP contribution in [0.3, 0.4) is 0 Å². The van der Waals surface area contributed by atoms with E-state index in [4.69, 9.17) is 11.6 Å². The van der Waals surface area contributed by atoms with Crippen molar-refractivity contribution in [1.29, 1.82) is 0 Å². The maximum Gasteiger partial charge on any atom is 0.119 e. The van der Waals surface area contributed by atoms with E-state index in [2.05, 4.69) is 4.98 Å². The van der Waals surface area contributed by atoms with Gasteiger partial charge in [0.05, 0.1) is 26.6 Å². The highest BCUT2D eigenvalue weighted by Gasteiger charge is 2.22. The molecule has 0 aliphatic rings. The van der Waals surface area contributed by atoms with Gasteiger partial charge in [-0.05, 0) is 29.8 Å². The summed E-state index contributed by atoms with van der Waals surface area (Å²) in [5.74, 6) is -0.927. The normalized spacial score (nSPS) is 12.8. The number of carboxylic acid groups (broad SMARTS) is 1. The summed E-state index contributed by atoms with van der Waals surface area (Å²) in [6, 6.07) is 13.6. The third-order valence-electron chi connectivity index (χ3n) is 3.90. The molecule has 0 saturated heterocycles. The molecule has 0 fully saturated rings. The second-order valence-corrected chi connectivity index (χ2v) is 6.77. The van der Waals surface area contributed by atoms with Crippen LogP contribution in [0.5, 0.6) is 0 Å². The molecule has 0 spiro atoms. The number of pyridine rings is 1. The Hall–Kier alpha value is -1.91. The minimum Gasteiger partial charge on any atom is -0.544 e. The molecule has 0 saturated carbocycles. The van der Waals surface area contributed by atoms with Gasteiger partial charge in [0.2, 0.25) is 0 Å². The predicted molar refractivity (Wildman–Crippen MR) is 89.0 cm³/mol. The maximum absolute atomic E-state index is 10.9. The molecule has 23 heavy (non-hydrogen) atoms. The van der Waals surface area contributed by atoms with E-state index in [1.807, 2.05) is 56.6 Å². The van der Waals surface area contributed by atoms with Crippen LogP contribution in [0.25, 0.3) is 0 Å². The number of benzene rings is 1. The smallest absolute Gasteiger partial charge is 0.119 e. The molecule has 0 bridgehead atoms. The van der Waals surface area contributed by atoms with Crippen molar-refractivity contribution in [3.05, 3.63) is 64.9 Å². The highest BCUT2D eigenvalue weighted by Crippen LogP contribution is 2.28. The Balaban J connectivity index is 2.21. The average Bonchev–Trinajstić information content (AvgIpc) is 2.49. The van der Waals surface area contributed by atoms with Crippen molar-refractivity contribution < 1.29 is 14.4 Å². The Morgan fingerprint density at radius 3 is 2.48 bits per heavy atom. The Bertz CT molecular complexity index is 642. The Kier molecular flexibility index (Phi) is 5.74. The van der Waals surface area contributed by atoms with Gasteiger partial charge in [-0.2, -0.15) is 0 Å². The number of hydrogen-bond donors (Lipinski definition) is 0. The number of hydrogen-bond acceptors (Lipinski definition) is 3. The van der Waals surface area contributed by atoms with Crippen molar-refractivity contribution in [3.8, 4) is 0 Å². The molecule has 2 aromatic rings. The largest absolute Gasteiger partial charge is 0.544 e. The van der Waals surface area contributed by atoms with Gasteiger partial charge in [0.25, 0.3) is 0 Å². The molecule has 0 N–H and O–H groups in total. The molecule has 4 nitrogen and oxygen atoms in total. The standard InChI is InChI=1S/C18H21ClN2O2/c1-21(2,13-18(22)23)12-10-16(17-5-3-4-11-20-17)14-6-8-15(19)9-7-14/h3-9,11,16H,10,12-13H2,1-2H3. The first-order valence-electron chi connectivity index (χ1n) is 7.56. The summed E-state index contributed by atoms with van der Waals surface area (Å²) in [5, 5.41) is 11.6. The van der Waals surface area contributed by atoms with Gasteiger partial charge >= 0.3 is 0 Å². The molecule has 5 heteroatoms. The second-order valence-electron chi connectivity index (χ2n) is 6.34. The Labute approximate surface area is 141 Å². The minimum absolute atomic E-state index is 0.00441. The van der Waals surface area contributed by atoms with Crippen molar-refractivity contribution in [2.75, 3.05) is 27.2 Å². The van der Waals surface area contributed by atoms with Crippen molar-refractivity contribution in [2.24, 2.45) is 0 Å². The zero-order valence-corrected chi connectivity index (χ0v) is 14.2. The fourth-order valence-electron chi connectivity index (χ4n) is 2.67. The van der Waals surface area contributed by atoms with Gasteiger partial charge in [0, 0.05) is 29.3 Å². The Morgan fingerprint density at radius 2 is 1.91 bits per heavy atom. The predicted octanol–water partition coefficient (Wildman–Crippen LogP) is 2.08. The minimum atomic E-state index is -1.03. The highest BCUT2D eigenvalue weighted by molar-refractivity contribution is 6.30. The molecule has 0 aliphatic heterocycles. The molecule has 0 aliphatic carbocycles. The zero-order valence-electron chi connectivity index (χ0n) is 13.4. The van der Waals surface area contributed by atoms with Crippen LogP contribution in [-0.2, 0) is 4.79 Å². The molecule has 1 atom stereocenters. The van der Waals surface area contributed by atoms with Crippen molar-refractivity contribution in [2.45, 2.75) is 12.3 Å².